The number of amides is 2. The van der Waals surface area contributed by atoms with Crippen LogP contribution in [0.4, 0.5) is 9.18 Å². The number of rotatable bonds is 8. The van der Waals surface area contributed by atoms with Gasteiger partial charge in [-0.3, -0.25) is 4.79 Å². The van der Waals surface area contributed by atoms with E-state index in [1.807, 2.05) is 30.3 Å². The number of halogens is 1. The van der Waals surface area contributed by atoms with Crippen molar-refractivity contribution in [1.82, 2.24) is 15.6 Å². The predicted molar refractivity (Wildman–Crippen MR) is 124 cm³/mol. The van der Waals surface area contributed by atoms with Gasteiger partial charge in [0.25, 0.3) is 0 Å². The number of H-pyrrole nitrogens is 1. The van der Waals surface area contributed by atoms with Gasteiger partial charge in [0.2, 0.25) is 5.91 Å². The topological polar surface area (TPSA) is 83.2 Å². The number of fused-ring (bicyclic) bond motifs is 1. The molecule has 3 N–H and O–H groups in total. The Morgan fingerprint density at radius 2 is 1.75 bits per heavy atom. The summed E-state index contributed by atoms with van der Waals surface area (Å²) in [5.74, 6) is -0.397. The largest absolute Gasteiger partial charge is 0.444 e. The van der Waals surface area contributed by atoms with Crippen molar-refractivity contribution in [2.75, 3.05) is 13.1 Å². The van der Waals surface area contributed by atoms with Crippen LogP contribution in [-0.4, -0.2) is 35.7 Å². The molecule has 0 radical (unpaired) electrons. The molecule has 0 aliphatic heterocycles. The van der Waals surface area contributed by atoms with E-state index in [1.54, 1.807) is 26.8 Å². The minimum atomic E-state index is -0.539. The van der Waals surface area contributed by atoms with E-state index >= 15 is 0 Å². The summed E-state index contributed by atoms with van der Waals surface area (Å²) in [5.41, 5.74) is 3.12. The van der Waals surface area contributed by atoms with Crippen LogP contribution in [0, 0.1) is 5.82 Å². The highest BCUT2D eigenvalue weighted by atomic mass is 19.1. The second-order valence-corrected chi connectivity index (χ2v) is 8.67. The summed E-state index contributed by atoms with van der Waals surface area (Å²) < 4.78 is 19.1. The summed E-state index contributed by atoms with van der Waals surface area (Å²) in [6.45, 7) is 6.27. The molecule has 2 aromatic carbocycles. The van der Waals surface area contributed by atoms with Crippen molar-refractivity contribution in [1.29, 1.82) is 0 Å². The molecule has 32 heavy (non-hydrogen) atoms. The fraction of sp³-hybridized carbons (Fsp3) is 0.360. The van der Waals surface area contributed by atoms with Crippen molar-refractivity contribution >= 4 is 22.9 Å². The maximum atomic E-state index is 13.9. The Labute approximate surface area is 187 Å². The number of aryl methyl sites for hydroxylation is 1. The molecule has 170 valence electrons. The van der Waals surface area contributed by atoms with E-state index in [-0.39, 0.29) is 18.1 Å². The second kappa shape index (κ2) is 10.3. The molecule has 0 spiro atoms. The minimum Gasteiger partial charge on any atom is -0.444 e. The van der Waals surface area contributed by atoms with E-state index in [4.69, 9.17) is 4.74 Å². The maximum absolute atomic E-state index is 13.9. The Bertz CT molecular complexity index is 1070. The molecule has 0 atom stereocenters. The summed E-state index contributed by atoms with van der Waals surface area (Å²) in [5, 5.41) is 6.33. The van der Waals surface area contributed by atoms with E-state index in [1.165, 1.54) is 12.1 Å². The summed E-state index contributed by atoms with van der Waals surface area (Å²) in [7, 11) is 0. The Hall–Kier alpha value is -3.35. The molecular formula is C25H30FN3O3. The van der Waals surface area contributed by atoms with E-state index in [2.05, 4.69) is 15.6 Å². The normalized spacial score (nSPS) is 11.4. The maximum Gasteiger partial charge on any atom is 0.407 e. The predicted octanol–water partition coefficient (Wildman–Crippen LogP) is 4.94. The van der Waals surface area contributed by atoms with Gasteiger partial charge in [0.1, 0.15) is 11.4 Å². The standard InChI is InChI=1S/C25H30FN3O3/c1-25(2,3)32-24(31)28-15-7-14-27-22(30)13-11-19-20-16-18(26)10-12-21(20)29-23(19)17-8-5-4-6-9-17/h4-6,8-10,12,16,29H,7,11,13-15H2,1-3H3,(H,27,30)(H,28,31). The van der Waals surface area contributed by atoms with Gasteiger partial charge in [-0.25, -0.2) is 9.18 Å². The highest BCUT2D eigenvalue weighted by Crippen LogP contribution is 2.31. The summed E-state index contributed by atoms with van der Waals surface area (Å²) in [6.07, 6.45) is 0.889. The van der Waals surface area contributed by atoms with Gasteiger partial charge in [0.05, 0.1) is 0 Å². The first kappa shape index (κ1) is 23.3. The van der Waals surface area contributed by atoms with Crippen molar-refractivity contribution in [3.8, 4) is 11.3 Å². The van der Waals surface area contributed by atoms with Crippen molar-refractivity contribution in [2.24, 2.45) is 0 Å². The van der Waals surface area contributed by atoms with Crippen molar-refractivity contribution in [3.05, 3.63) is 59.9 Å². The van der Waals surface area contributed by atoms with Crippen molar-refractivity contribution in [3.63, 3.8) is 0 Å². The molecule has 0 bridgehead atoms. The number of carbonyl (C=O) groups excluding carboxylic acids is 2. The molecular weight excluding hydrogens is 409 g/mol. The Morgan fingerprint density at radius 1 is 1.03 bits per heavy atom. The molecule has 1 aromatic heterocycles. The fourth-order valence-corrected chi connectivity index (χ4v) is 3.48. The highest BCUT2D eigenvalue weighted by molar-refractivity contribution is 5.91. The van der Waals surface area contributed by atoms with E-state index < -0.39 is 11.7 Å². The average Bonchev–Trinajstić information content (AvgIpc) is 3.09. The lowest BCUT2D eigenvalue weighted by molar-refractivity contribution is -0.121. The third-order valence-corrected chi connectivity index (χ3v) is 4.88. The third kappa shape index (κ3) is 6.57. The number of ether oxygens (including phenoxy) is 1. The van der Waals surface area contributed by atoms with Crippen LogP contribution in [0.25, 0.3) is 22.2 Å². The summed E-state index contributed by atoms with van der Waals surface area (Å²) in [6, 6.07) is 14.5. The number of benzene rings is 2. The van der Waals surface area contributed by atoms with Gasteiger partial charge < -0.3 is 20.4 Å². The van der Waals surface area contributed by atoms with Crippen LogP contribution < -0.4 is 10.6 Å². The van der Waals surface area contributed by atoms with Gasteiger partial charge in [0, 0.05) is 36.1 Å². The first-order chi connectivity index (χ1) is 15.2. The molecule has 0 unspecified atom stereocenters. The van der Waals surface area contributed by atoms with Gasteiger partial charge in [-0.15, -0.1) is 0 Å². The molecule has 0 saturated carbocycles. The lowest BCUT2D eigenvalue weighted by atomic mass is 10.0. The molecule has 7 heteroatoms. The van der Waals surface area contributed by atoms with E-state index in [9.17, 15) is 14.0 Å². The number of hydrogen-bond acceptors (Lipinski definition) is 3. The zero-order chi connectivity index (χ0) is 23.1. The molecule has 6 nitrogen and oxygen atoms in total. The van der Waals surface area contributed by atoms with Crippen LogP contribution in [0.5, 0.6) is 0 Å². The van der Waals surface area contributed by atoms with E-state index in [0.29, 0.717) is 25.9 Å². The molecule has 0 saturated heterocycles. The molecule has 0 fully saturated rings. The highest BCUT2D eigenvalue weighted by Gasteiger charge is 2.16. The monoisotopic (exact) mass is 439 g/mol. The fourth-order valence-electron chi connectivity index (χ4n) is 3.48. The summed E-state index contributed by atoms with van der Waals surface area (Å²) in [4.78, 5) is 27.4. The molecule has 0 aliphatic carbocycles. The smallest absolute Gasteiger partial charge is 0.407 e. The molecule has 2 amide bonds. The zero-order valence-corrected chi connectivity index (χ0v) is 18.8. The first-order valence-electron chi connectivity index (χ1n) is 10.8. The summed E-state index contributed by atoms with van der Waals surface area (Å²) >= 11 is 0. The number of carbonyl (C=O) groups is 2. The second-order valence-electron chi connectivity index (χ2n) is 8.67. The number of nitrogens with one attached hydrogen (secondary N) is 3. The Balaban J connectivity index is 1.55. The van der Waals surface area contributed by atoms with E-state index in [0.717, 1.165) is 27.7 Å². The van der Waals surface area contributed by atoms with Gasteiger partial charge in [-0.1, -0.05) is 30.3 Å². The number of aromatic nitrogens is 1. The number of alkyl carbamates (subject to hydrolysis) is 1. The molecule has 1 heterocycles. The Kier molecular flexibility index (Phi) is 7.51. The van der Waals surface area contributed by atoms with Gasteiger partial charge in [0.15, 0.2) is 0 Å². The Morgan fingerprint density at radius 3 is 2.47 bits per heavy atom. The van der Waals surface area contributed by atoms with Crippen LogP contribution in [0.3, 0.4) is 0 Å². The number of hydrogen-bond donors (Lipinski definition) is 3. The first-order valence-corrected chi connectivity index (χ1v) is 10.8. The number of aromatic amines is 1. The van der Waals surface area contributed by atoms with Crippen LogP contribution in [-0.2, 0) is 16.0 Å². The van der Waals surface area contributed by atoms with Crippen molar-refractivity contribution < 1.29 is 18.7 Å². The third-order valence-electron chi connectivity index (χ3n) is 4.88. The zero-order valence-electron chi connectivity index (χ0n) is 18.8. The average molecular weight is 440 g/mol. The van der Waals surface area contributed by atoms with Gasteiger partial charge in [-0.05, 0) is 62.9 Å². The minimum absolute atomic E-state index is 0.0907. The quantitative estimate of drug-likeness (QED) is 0.435. The molecule has 3 rings (SSSR count). The van der Waals surface area contributed by atoms with Crippen LogP contribution in [0.2, 0.25) is 0 Å². The molecule has 3 aromatic rings. The van der Waals surface area contributed by atoms with Crippen molar-refractivity contribution in [2.45, 2.75) is 45.6 Å². The van der Waals surface area contributed by atoms with Gasteiger partial charge in [-0.2, -0.15) is 0 Å². The SMILES string of the molecule is CC(C)(C)OC(=O)NCCCNC(=O)CCc1c(-c2ccccc2)[nH]c2ccc(F)cc12. The molecule has 0 aliphatic rings. The van der Waals surface area contributed by atoms with Gasteiger partial charge >= 0.3 is 6.09 Å². The van der Waals surface area contributed by atoms with Crippen LogP contribution in [0.1, 0.15) is 39.2 Å². The van der Waals surface area contributed by atoms with Crippen LogP contribution in [0.15, 0.2) is 48.5 Å². The van der Waals surface area contributed by atoms with Crippen LogP contribution >= 0.6 is 0 Å². The lowest BCUT2D eigenvalue weighted by Gasteiger charge is -2.19. The lowest BCUT2D eigenvalue weighted by Crippen LogP contribution is -2.34.